The third kappa shape index (κ3) is 2.78. The lowest BCUT2D eigenvalue weighted by atomic mass is 9.69. The number of carbonyl (C=O) groups excluding carboxylic acids is 1. The van der Waals surface area contributed by atoms with Gasteiger partial charge in [0.05, 0.1) is 24.4 Å². The molecule has 3 fully saturated rings. The Bertz CT molecular complexity index is 865. The number of oxime groups is 1. The van der Waals surface area contributed by atoms with E-state index < -0.39 is 15.9 Å². The van der Waals surface area contributed by atoms with E-state index in [1.807, 2.05) is 30.3 Å². The smallest absolute Gasteiger partial charge is 0.241 e. The van der Waals surface area contributed by atoms with Crippen molar-refractivity contribution in [1.29, 1.82) is 0 Å². The van der Waals surface area contributed by atoms with Crippen LogP contribution in [0.3, 0.4) is 0 Å². The average Bonchev–Trinajstić information content (AvgIpc) is 3.09. The van der Waals surface area contributed by atoms with Crippen LogP contribution in [0, 0.1) is 16.7 Å². The first-order chi connectivity index (χ1) is 12.8. The molecule has 7 heteroatoms. The van der Waals surface area contributed by atoms with E-state index in [-0.39, 0.29) is 29.0 Å². The molecule has 146 valence electrons. The molecule has 4 rings (SSSR count). The number of sulfonamides is 1. The molecule has 2 aliphatic carbocycles. The van der Waals surface area contributed by atoms with Crippen LogP contribution in [0.1, 0.15) is 45.1 Å². The SMILES string of the molecule is CC1(C)[C@H]2CC[C@@]13CS(=O)(=O)N(C(=O)C/C=N/OCc1ccccc1)[C@H]3C2. The van der Waals surface area contributed by atoms with E-state index in [9.17, 15) is 13.2 Å². The van der Waals surface area contributed by atoms with Gasteiger partial charge >= 0.3 is 0 Å². The fourth-order valence-electron chi connectivity index (χ4n) is 5.56. The van der Waals surface area contributed by atoms with E-state index in [1.54, 1.807) is 0 Å². The van der Waals surface area contributed by atoms with Gasteiger partial charge in [0.1, 0.15) is 6.61 Å². The molecule has 1 amide bonds. The summed E-state index contributed by atoms with van der Waals surface area (Å²) in [5.41, 5.74) is 0.661. The van der Waals surface area contributed by atoms with Gasteiger partial charge in [0.15, 0.2) is 0 Å². The lowest BCUT2D eigenvalue weighted by molar-refractivity contribution is -0.127. The first-order valence-corrected chi connectivity index (χ1v) is 11.1. The van der Waals surface area contributed by atoms with Crippen LogP contribution in [0.4, 0.5) is 0 Å². The molecule has 3 aliphatic rings. The minimum Gasteiger partial charge on any atom is -0.391 e. The summed E-state index contributed by atoms with van der Waals surface area (Å²) in [6.07, 6.45) is 4.05. The molecule has 1 aliphatic heterocycles. The van der Waals surface area contributed by atoms with Gasteiger partial charge in [-0.15, -0.1) is 0 Å². The van der Waals surface area contributed by atoms with Crippen molar-refractivity contribution in [2.75, 3.05) is 5.75 Å². The molecule has 1 heterocycles. The van der Waals surface area contributed by atoms with Crippen molar-refractivity contribution in [1.82, 2.24) is 4.31 Å². The Kier molecular flexibility index (Phi) is 4.33. The maximum Gasteiger partial charge on any atom is 0.241 e. The Morgan fingerprint density at radius 1 is 1.33 bits per heavy atom. The van der Waals surface area contributed by atoms with Crippen molar-refractivity contribution in [2.45, 2.75) is 52.2 Å². The minimum atomic E-state index is -3.56. The molecule has 0 radical (unpaired) electrons. The summed E-state index contributed by atoms with van der Waals surface area (Å²) in [6, 6.07) is 9.41. The molecule has 3 atom stereocenters. The number of fused-ring (bicyclic) bond motifs is 1. The van der Waals surface area contributed by atoms with Crippen LogP contribution in [0.5, 0.6) is 0 Å². The topological polar surface area (TPSA) is 76.0 Å². The lowest BCUT2D eigenvalue weighted by Crippen LogP contribution is -2.44. The van der Waals surface area contributed by atoms with Gasteiger partial charge in [-0.25, -0.2) is 12.7 Å². The molecule has 1 aromatic carbocycles. The zero-order valence-electron chi connectivity index (χ0n) is 15.8. The zero-order chi connectivity index (χ0) is 19.3. The number of rotatable bonds is 5. The summed E-state index contributed by atoms with van der Waals surface area (Å²) in [4.78, 5) is 17.9. The monoisotopic (exact) mass is 390 g/mol. The second-order valence-corrected chi connectivity index (χ2v) is 10.4. The molecule has 2 bridgehead atoms. The maximum absolute atomic E-state index is 12.8. The predicted octanol–water partition coefficient (Wildman–Crippen LogP) is 2.95. The van der Waals surface area contributed by atoms with Gasteiger partial charge in [0, 0.05) is 5.41 Å². The standard InChI is InChI=1S/C20H26N2O4S/c1-19(2)16-8-10-20(19)14-27(24,25)22(17(20)12-16)18(23)9-11-21-26-13-15-6-4-3-5-7-15/h3-7,11,16-17H,8-10,12-14H2,1-2H3/b21-11+/t16-,17-,20-/m0/s1. The van der Waals surface area contributed by atoms with Crippen LogP contribution in [0.15, 0.2) is 35.5 Å². The zero-order valence-corrected chi connectivity index (χ0v) is 16.6. The fourth-order valence-corrected chi connectivity index (χ4v) is 8.12. The Hall–Kier alpha value is -1.89. The van der Waals surface area contributed by atoms with Gasteiger partial charge in [-0.1, -0.05) is 49.3 Å². The molecule has 6 nitrogen and oxygen atoms in total. The quantitative estimate of drug-likeness (QED) is 0.572. The van der Waals surface area contributed by atoms with Gasteiger partial charge in [0.2, 0.25) is 15.9 Å². The predicted molar refractivity (Wildman–Crippen MR) is 102 cm³/mol. The molecular formula is C20H26N2O4S. The first-order valence-electron chi connectivity index (χ1n) is 9.51. The third-order valence-corrected chi connectivity index (χ3v) is 9.08. The average molecular weight is 391 g/mol. The molecular weight excluding hydrogens is 364 g/mol. The lowest BCUT2D eigenvalue weighted by Gasteiger charge is -2.37. The molecule has 0 unspecified atom stereocenters. The number of amides is 1. The van der Waals surface area contributed by atoms with Crippen LogP contribution < -0.4 is 0 Å². The van der Waals surface area contributed by atoms with Crippen molar-refractivity contribution in [2.24, 2.45) is 21.9 Å². The summed E-state index contributed by atoms with van der Waals surface area (Å²) in [5, 5.41) is 3.82. The van der Waals surface area contributed by atoms with Crippen LogP contribution in [0.2, 0.25) is 0 Å². The molecule has 1 aromatic rings. The van der Waals surface area contributed by atoms with E-state index in [0.717, 1.165) is 24.8 Å². The molecule has 1 saturated heterocycles. The van der Waals surface area contributed by atoms with Crippen LogP contribution in [-0.2, 0) is 26.3 Å². The highest BCUT2D eigenvalue weighted by Crippen LogP contribution is 2.69. The Morgan fingerprint density at radius 2 is 2.07 bits per heavy atom. The molecule has 0 aromatic heterocycles. The Labute approximate surface area is 160 Å². The molecule has 0 N–H and O–H groups in total. The first kappa shape index (κ1) is 18.5. The fraction of sp³-hybridized carbons (Fsp3) is 0.600. The Balaban J connectivity index is 1.41. The van der Waals surface area contributed by atoms with E-state index in [1.165, 1.54) is 10.5 Å². The summed E-state index contributed by atoms with van der Waals surface area (Å²) >= 11 is 0. The number of benzene rings is 1. The van der Waals surface area contributed by atoms with Gasteiger partial charge in [-0.05, 0) is 36.2 Å². The van der Waals surface area contributed by atoms with Gasteiger partial charge in [0.25, 0.3) is 0 Å². The van der Waals surface area contributed by atoms with E-state index >= 15 is 0 Å². The minimum absolute atomic E-state index is 0.0351. The van der Waals surface area contributed by atoms with Gasteiger partial charge in [-0.3, -0.25) is 4.79 Å². The highest BCUT2D eigenvalue weighted by molar-refractivity contribution is 7.90. The van der Waals surface area contributed by atoms with Gasteiger partial charge < -0.3 is 4.84 Å². The summed E-state index contributed by atoms with van der Waals surface area (Å²) in [6.45, 7) is 4.66. The van der Waals surface area contributed by atoms with Crippen LogP contribution in [-0.4, -0.2) is 36.6 Å². The van der Waals surface area contributed by atoms with Crippen molar-refractivity contribution in [3.63, 3.8) is 0 Å². The second kappa shape index (κ2) is 6.33. The Morgan fingerprint density at radius 3 is 2.78 bits per heavy atom. The number of nitrogens with zero attached hydrogens (tertiary/aromatic N) is 2. The highest BCUT2D eigenvalue weighted by atomic mass is 32.2. The number of hydrogen-bond donors (Lipinski definition) is 0. The van der Waals surface area contributed by atoms with Crippen LogP contribution in [0.25, 0.3) is 0 Å². The van der Waals surface area contributed by atoms with Crippen LogP contribution >= 0.6 is 0 Å². The maximum atomic E-state index is 12.8. The molecule has 27 heavy (non-hydrogen) atoms. The number of hydrogen-bond acceptors (Lipinski definition) is 5. The van der Waals surface area contributed by atoms with Crippen molar-refractivity contribution in [3.8, 4) is 0 Å². The third-order valence-electron chi connectivity index (χ3n) is 7.15. The van der Waals surface area contributed by atoms with Crippen molar-refractivity contribution < 1.29 is 18.0 Å². The van der Waals surface area contributed by atoms with Crippen molar-refractivity contribution >= 4 is 22.1 Å². The van der Waals surface area contributed by atoms with E-state index in [2.05, 4.69) is 19.0 Å². The van der Waals surface area contributed by atoms with Gasteiger partial charge in [-0.2, -0.15) is 0 Å². The van der Waals surface area contributed by atoms with E-state index in [0.29, 0.717) is 12.5 Å². The summed E-state index contributed by atoms with van der Waals surface area (Å²) < 4.78 is 26.8. The van der Waals surface area contributed by atoms with E-state index in [4.69, 9.17) is 4.84 Å². The molecule has 2 saturated carbocycles. The second-order valence-electron chi connectivity index (χ2n) is 8.56. The molecule has 1 spiro atoms. The summed E-state index contributed by atoms with van der Waals surface area (Å²) in [5.74, 6) is 0.199. The highest BCUT2D eigenvalue weighted by Gasteiger charge is 2.72. The number of carbonyl (C=O) groups is 1. The largest absolute Gasteiger partial charge is 0.391 e. The normalized spacial score (nSPS) is 32.7. The van der Waals surface area contributed by atoms with Crippen molar-refractivity contribution in [3.05, 3.63) is 35.9 Å². The summed E-state index contributed by atoms with van der Waals surface area (Å²) in [7, 11) is -3.56.